The summed E-state index contributed by atoms with van der Waals surface area (Å²) in [6.07, 6.45) is 2.77. The van der Waals surface area contributed by atoms with Gasteiger partial charge >= 0.3 is 0 Å². The minimum absolute atomic E-state index is 0.385. The normalized spacial score (nSPS) is 36.2. The van der Waals surface area contributed by atoms with Crippen LogP contribution in [0.25, 0.3) is 0 Å². The van der Waals surface area contributed by atoms with Gasteiger partial charge in [-0.1, -0.05) is 26.0 Å². The van der Waals surface area contributed by atoms with E-state index in [1.165, 1.54) is 25.0 Å². The van der Waals surface area contributed by atoms with Crippen LogP contribution in [0.2, 0.25) is 0 Å². The quantitative estimate of drug-likeness (QED) is 0.479. The first-order chi connectivity index (χ1) is 5.12. The monoisotopic (exact) mass is 151 g/mol. The molecule has 2 fully saturated rings. The second-order valence-electron chi connectivity index (χ2n) is 4.45. The lowest BCUT2D eigenvalue weighted by atomic mass is 9.80. The van der Waals surface area contributed by atoms with E-state index in [1.54, 1.807) is 0 Å². The molecule has 2 rings (SSSR count). The first-order valence-corrected chi connectivity index (χ1v) is 4.54. The number of rotatable bonds is 0. The van der Waals surface area contributed by atoms with Crippen LogP contribution in [0, 0.1) is 5.41 Å². The van der Waals surface area contributed by atoms with Crippen molar-refractivity contribution in [3.63, 3.8) is 0 Å². The third-order valence-electron chi connectivity index (χ3n) is 3.50. The number of hydrogen-bond acceptors (Lipinski definition) is 1. The van der Waals surface area contributed by atoms with Crippen LogP contribution in [0.3, 0.4) is 0 Å². The van der Waals surface area contributed by atoms with Gasteiger partial charge in [-0.2, -0.15) is 0 Å². The third-order valence-corrected chi connectivity index (χ3v) is 3.50. The van der Waals surface area contributed by atoms with E-state index in [9.17, 15) is 0 Å². The maximum atomic E-state index is 4.15. The Kier molecular flexibility index (Phi) is 1.40. The average molecular weight is 151 g/mol. The van der Waals surface area contributed by atoms with E-state index in [0.29, 0.717) is 5.41 Å². The van der Waals surface area contributed by atoms with Gasteiger partial charge in [0.05, 0.1) is 0 Å². The molecule has 0 saturated carbocycles. The molecular formula is C10H17N. The summed E-state index contributed by atoms with van der Waals surface area (Å²) in [4.78, 5) is 2.59. The molecule has 2 aliphatic rings. The summed E-state index contributed by atoms with van der Waals surface area (Å²) < 4.78 is 0. The van der Waals surface area contributed by atoms with Gasteiger partial charge in [-0.25, -0.2) is 0 Å². The van der Waals surface area contributed by atoms with Gasteiger partial charge in [0.25, 0.3) is 0 Å². The Balaban J connectivity index is 2.27. The van der Waals surface area contributed by atoms with Crippen LogP contribution in [0.1, 0.15) is 26.7 Å². The van der Waals surface area contributed by atoms with Crippen molar-refractivity contribution in [2.45, 2.75) is 32.7 Å². The average Bonchev–Trinajstić information content (AvgIpc) is 2.41. The zero-order valence-electron chi connectivity index (χ0n) is 7.56. The molecule has 62 valence electrons. The topological polar surface area (TPSA) is 3.24 Å². The molecule has 0 spiro atoms. The fourth-order valence-corrected chi connectivity index (χ4v) is 2.52. The molecule has 2 saturated heterocycles. The van der Waals surface area contributed by atoms with E-state index in [4.69, 9.17) is 0 Å². The van der Waals surface area contributed by atoms with Crippen LogP contribution in [-0.2, 0) is 0 Å². The van der Waals surface area contributed by atoms with Gasteiger partial charge in [0, 0.05) is 18.0 Å². The van der Waals surface area contributed by atoms with E-state index in [1.807, 2.05) is 0 Å². The van der Waals surface area contributed by atoms with Gasteiger partial charge in [-0.05, 0) is 19.4 Å². The van der Waals surface area contributed by atoms with Crippen molar-refractivity contribution in [2.75, 3.05) is 13.1 Å². The standard InChI is InChI=1S/C10H17N/c1-8-7-11-6-4-5-9(11)10(8,2)3/h9H,1,4-7H2,2-3H3. The molecule has 0 aliphatic carbocycles. The number of hydrogen-bond donors (Lipinski definition) is 0. The zero-order chi connectivity index (χ0) is 8.06. The highest BCUT2D eigenvalue weighted by atomic mass is 15.2. The maximum Gasteiger partial charge on any atom is 0.0199 e. The molecule has 2 aliphatic heterocycles. The summed E-state index contributed by atoms with van der Waals surface area (Å²) in [6, 6.07) is 0.801. The van der Waals surface area contributed by atoms with Crippen LogP contribution >= 0.6 is 0 Å². The largest absolute Gasteiger partial charge is 0.296 e. The van der Waals surface area contributed by atoms with E-state index in [-0.39, 0.29) is 0 Å². The third kappa shape index (κ3) is 0.871. The maximum absolute atomic E-state index is 4.15. The number of fused-ring (bicyclic) bond motifs is 1. The Morgan fingerprint density at radius 1 is 1.55 bits per heavy atom. The summed E-state index contributed by atoms with van der Waals surface area (Å²) in [5.41, 5.74) is 1.82. The molecule has 1 unspecified atom stereocenters. The van der Waals surface area contributed by atoms with Gasteiger partial charge in [-0.15, -0.1) is 0 Å². The second-order valence-corrected chi connectivity index (χ2v) is 4.45. The van der Waals surface area contributed by atoms with Crippen molar-refractivity contribution in [3.05, 3.63) is 12.2 Å². The van der Waals surface area contributed by atoms with E-state index in [0.717, 1.165) is 12.6 Å². The van der Waals surface area contributed by atoms with E-state index >= 15 is 0 Å². The van der Waals surface area contributed by atoms with Crippen LogP contribution in [-0.4, -0.2) is 24.0 Å². The highest BCUT2D eigenvalue weighted by molar-refractivity contribution is 5.21. The summed E-state index contributed by atoms with van der Waals surface area (Å²) in [7, 11) is 0. The van der Waals surface area contributed by atoms with Crippen LogP contribution < -0.4 is 0 Å². The predicted octanol–water partition coefficient (Wildman–Crippen LogP) is 2.05. The van der Waals surface area contributed by atoms with Crippen LogP contribution in [0.4, 0.5) is 0 Å². The molecule has 0 aromatic carbocycles. The molecule has 11 heavy (non-hydrogen) atoms. The smallest absolute Gasteiger partial charge is 0.0199 e. The van der Waals surface area contributed by atoms with Gasteiger partial charge in [-0.3, -0.25) is 4.90 Å². The van der Waals surface area contributed by atoms with Crippen molar-refractivity contribution in [2.24, 2.45) is 5.41 Å². The molecular weight excluding hydrogens is 134 g/mol. The van der Waals surface area contributed by atoms with Crippen LogP contribution in [0.5, 0.6) is 0 Å². The molecule has 1 nitrogen and oxygen atoms in total. The Hall–Kier alpha value is -0.300. The number of nitrogens with zero attached hydrogens (tertiary/aromatic N) is 1. The molecule has 0 N–H and O–H groups in total. The molecule has 1 heteroatoms. The summed E-state index contributed by atoms with van der Waals surface area (Å²) >= 11 is 0. The van der Waals surface area contributed by atoms with Gasteiger partial charge in [0.15, 0.2) is 0 Å². The molecule has 0 aromatic rings. The highest BCUT2D eigenvalue weighted by Crippen LogP contribution is 2.44. The van der Waals surface area contributed by atoms with Crippen LogP contribution in [0.15, 0.2) is 12.2 Å². The zero-order valence-corrected chi connectivity index (χ0v) is 7.56. The van der Waals surface area contributed by atoms with Crippen molar-refractivity contribution in [1.29, 1.82) is 0 Å². The first kappa shape index (κ1) is 7.35. The fourth-order valence-electron chi connectivity index (χ4n) is 2.52. The summed E-state index contributed by atoms with van der Waals surface area (Å²) in [5, 5.41) is 0. The van der Waals surface area contributed by atoms with E-state index < -0.39 is 0 Å². The molecule has 0 aromatic heterocycles. The first-order valence-electron chi connectivity index (χ1n) is 4.54. The lowest BCUT2D eigenvalue weighted by Crippen LogP contribution is -2.30. The highest BCUT2D eigenvalue weighted by Gasteiger charge is 2.44. The Morgan fingerprint density at radius 2 is 2.27 bits per heavy atom. The molecule has 0 amide bonds. The molecule has 1 atom stereocenters. The summed E-state index contributed by atoms with van der Waals surface area (Å²) in [5.74, 6) is 0. The fraction of sp³-hybridized carbons (Fsp3) is 0.800. The molecule has 0 radical (unpaired) electrons. The van der Waals surface area contributed by atoms with Gasteiger partial charge in [0.1, 0.15) is 0 Å². The second kappa shape index (κ2) is 2.10. The van der Waals surface area contributed by atoms with Crippen molar-refractivity contribution in [3.8, 4) is 0 Å². The minimum atomic E-state index is 0.385. The van der Waals surface area contributed by atoms with Crippen molar-refractivity contribution < 1.29 is 0 Å². The van der Waals surface area contributed by atoms with Crippen molar-refractivity contribution >= 4 is 0 Å². The SMILES string of the molecule is C=C1CN2CCCC2C1(C)C. The van der Waals surface area contributed by atoms with Gasteiger partial charge < -0.3 is 0 Å². The Labute approximate surface area is 69.1 Å². The predicted molar refractivity (Wildman–Crippen MR) is 47.5 cm³/mol. The van der Waals surface area contributed by atoms with Crippen molar-refractivity contribution in [1.82, 2.24) is 4.90 Å². The van der Waals surface area contributed by atoms with E-state index in [2.05, 4.69) is 25.3 Å². The lowest BCUT2D eigenvalue weighted by molar-refractivity contribution is 0.241. The summed E-state index contributed by atoms with van der Waals surface area (Å²) in [6.45, 7) is 11.3. The van der Waals surface area contributed by atoms with Gasteiger partial charge in [0.2, 0.25) is 0 Å². The Morgan fingerprint density at radius 3 is 2.91 bits per heavy atom. The minimum Gasteiger partial charge on any atom is -0.296 e. The molecule has 2 heterocycles. The lowest BCUT2D eigenvalue weighted by Gasteiger charge is -2.27. The molecule has 0 bridgehead atoms. The Bertz CT molecular complexity index is 193.